The van der Waals surface area contributed by atoms with Gasteiger partial charge in [0.15, 0.2) is 0 Å². The first-order valence-electron chi connectivity index (χ1n) is 8.91. The average molecular weight is 368 g/mol. The third-order valence-electron chi connectivity index (χ3n) is 5.14. The molecule has 2 fully saturated rings. The predicted molar refractivity (Wildman–Crippen MR) is 102 cm³/mol. The van der Waals surface area contributed by atoms with Gasteiger partial charge in [-0.3, -0.25) is 4.79 Å². The number of rotatable bonds is 6. The van der Waals surface area contributed by atoms with E-state index < -0.39 is 0 Å². The molecule has 2 rings (SSSR count). The molecule has 0 aromatic carbocycles. The fourth-order valence-corrected chi connectivity index (χ4v) is 3.73. The van der Waals surface area contributed by atoms with Crippen LogP contribution in [0.1, 0.15) is 52.4 Å². The van der Waals surface area contributed by atoms with Gasteiger partial charge < -0.3 is 15.5 Å². The van der Waals surface area contributed by atoms with Crippen molar-refractivity contribution in [2.45, 2.75) is 58.4 Å². The molecule has 0 saturated carbocycles. The number of carbonyl (C=O) groups is 1. The number of carbonyl (C=O) groups excluding carboxylic acids is 1. The Morgan fingerprint density at radius 2 is 1.96 bits per heavy atom. The van der Waals surface area contributed by atoms with Crippen molar-refractivity contribution in [1.82, 2.24) is 15.5 Å². The highest BCUT2D eigenvalue weighted by Crippen LogP contribution is 2.22. The Labute approximate surface area is 154 Å². The van der Waals surface area contributed by atoms with E-state index >= 15 is 0 Å². The number of nitrogens with one attached hydrogen (secondary N) is 2. The summed E-state index contributed by atoms with van der Waals surface area (Å²) < 4.78 is 0. The van der Waals surface area contributed by atoms with Gasteiger partial charge >= 0.3 is 0 Å². The summed E-state index contributed by atoms with van der Waals surface area (Å²) in [5.74, 6) is 1.44. The molecule has 2 heterocycles. The van der Waals surface area contributed by atoms with Crippen LogP contribution in [0.4, 0.5) is 0 Å². The van der Waals surface area contributed by atoms with Crippen LogP contribution in [-0.4, -0.2) is 49.6 Å². The second kappa shape index (κ2) is 12.3. The van der Waals surface area contributed by atoms with Crippen LogP contribution in [0.3, 0.4) is 0 Å². The lowest BCUT2D eigenvalue weighted by Gasteiger charge is -2.33. The van der Waals surface area contributed by atoms with Crippen LogP contribution in [-0.2, 0) is 4.79 Å². The van der Waals surface area contributed by atoms with E-state index in [2.05, 4.69) is 29.4 Å². The van der Waals surface area contributed by atoms with Crippen LogP contribution in [0.2, 0.25) is 0 Å². The van der Waals surface area contributed by atoms with E-state index in [1.807, 2.05) is 0 Å². The minimum atomic E-state index is 0. The van der Waals surface area contributed by atoms with Crippen LogP contribution in [0, 0.1) is 11.8 Å². The van der Waals surface area contributed by atoms with Gasteiger partial charge in [0.25, 0.3) is 0 Å². The number of amides is 1. The molecule has 0 aromatic heterocycles. The normalized spacial score (nSPS) is 24.2. The van der Waals surface area contributed by atoms with Gasteiger partial charge in [-0.05, 0) is 63.6 Å². The Balaban J connectivity index is 0.00000242. The zero-order chi connectivity index (χ0) is 15.1. The van der Waals surface area contributed by atoms with Crippen molar-refractivity contribution in [3.05, 3.63) is 0 Å². The smallest absolute Gasteiger partial charge is 0.220 e. The van der Waals surface area contributed by atoms with Crippen LogP contribution in [0.5, 0.6) is 0 Å². The first-order chi connectivity index (χ1) is 10.2. The average Bonchev–Trinajstić information content (AvgIpc) is 2.50. The van der Waals surface area contributed by atoms with Crippen molar-refractivity contribution in [3.8, 4) is 0 Å². The molecule has 2 atom stereocenters. The number of hydrogen-bond donors (Lipinski definition) is 2. The maximum atomic E-state index is 12.2. The lowest BCUT2D eigenvalue weighted by molar-refractivity contribution is -0.123. The second-order valence-corrected chi connectivity index (χ2v) is 6.97. The van der Waals surface area contributed by atoms with Gasteiger partial charge in [-0.15, -0.1) is 24.8 Å². The van der Waals surface area contributed by atoms with E-state index in [-0.39, 0.29) is 30.7 Å². The molecule has 2 saturated heterocycles. The molecule has 0 spiro atoms. The molecular formula is C17H35Cl2N3O. The van der Waals surface area contributed by atoms with Crippen LogP contribution >= 0.6 is 24.8 Å². The summed E-state index contributed by atoms with van der Waals surface area (Å²) in [5, 5.41) is 6.72. The van der Waals surface area contributed by atoms with Gasteiger partial charge in [0.2, 0.25) is 5.91 Å². The van der Waals surface area contributed by atoms with Crippen LogP contribution in [0.15, 0.2) is 0 Å². The highest BCUT2D eigenvalue weighted by atomic mass is 35.5. The Bertz CT molecular complexity index is 317. The topological polar surface area (TPSA) is 44.4 Å². The molecule has 23 heavy (non-hydrogen) atoms. The summed E-state index contributed by atoms with van der Waals surface area (Å²) in [6.45, 7) is 10.2. The first-order valence-corrected chi connectivity index (χ1v) is 8.91. The minimum absolute atomic E-state index is 0. The summed E-state index contributed by atoms with van der Waals surface area (Å²) in [6.07, 6.45) is 6.69. The highest BCUT2D eigenvalue weighted by molar-refractivity contribution is 5.85. The van der Waals surface area contributed by atoms with E-state index in [1.165, 1.54) is 25.8 Å². The van der Waals surface area contributed by atoms with Gasteiger partial charge in [0, 0.05) is 25.6 Å². The predicted octanol–water partition coefficient (Wildman–Crippen LogP) is 2.85. The van der Waals surface area contributed by atoms with Crippen LogP contribution in [0.25, 0.3) is 0 Å². The number of piperidine rings is 2. The highest BCUT2D eigenvalue weighted by Gasteiger charge is 2.24. The fraction of sp³-hybridized carbons (Fsp3) is 0.941. The Morgan fingerprint density at radius 3 is 2.52 bits per heavy atom. The summed E-state index contributed by atoms with van der Waals surface area (Å²) in [7, 11) is 0. The molecule has 138 valence electrons. The van der Waals surface area contributed by atoms with Gasteiger partial charge in [-0.1, -0.05) is 13.8 Å². The molecule has 0 aliphatic carbocycles. The lowest BCUT2D eigenvalue weighted by atomic mass is 9.85. The van der Waals surface area contributed by atoms with Crippen molar-refractivity contribution in [2.24, 2.45) is 11.8 Å². The largest absolute Gasteiger partial charge is 0.353 e. The van der Waals surface area contributed by atoms with E-state index in [0.29, 0.717) is 24.3 Å². The van der Waals surface area contributed by atoms with E-state index in [4.69, 9.17) is 0 Å². The molecular weight excluding hydrogens is 333 g/mol. The van der Waals surface area contributed by atoms with E-state index in [9.17, 15) is 4.79 Å². The molecule has 2 unspecified atom stereocenters. The lowest BCUT2D eigenvalue weighted by Crippen LogP contribution is -2.45. The zero-order valence-corrected chi connectivity index (χ0v) is 16.3. The second-order valence-electron chi connectivity index (χ2n) is 6.97. The minimum Gasteiger partial charge on any atom is -0.353 e. The van der Waals surface area contributed by atoms with Crippen molar-refractivity contribution in [2.75, 3.05) is 32.7 Å². The molecule has 2 N–H and O–H groups in total. The Morgan fingerprint density at radius 1 is 1.26 bits per heavy atom. The number of halogens is 2. The summed E-state index contributed by atoms with van der Waals surface area (Å²) in [4.78, 5) is 14.7. The quantitative estimate of drug-likeness (QED) is 0.758. The zero-order valence-electron chi connectivity index (χ0n) is 14.7. The molecule has 0 radical (unpaired) electrons. The summed E-state index contributed by atoms with van der Waals surface area (Å²) >= 11 is 0. The Kier molecular flexibility index (Phi) is 12.3. The van der Waals surface area contributed by atoms with E-state index in [1.54, 1.807) is 0 Å². The maximum Gasteiger partial charge on any atom is 0.220 e. The summed E-state index contributed by atoms with van der Waals surface area (Å²) in [5.41, 5.74) is 0. The van der Waals surface area contributed by atoms with Crippen LogP contribution < -0.4 is 10.6 Å². The van der Waals surface area contributed by atoms with Crippen molar-refractivity contribution in [1.29, 1.82) is 0 Å². The number of hydrogen-bond acceptors (Lipinski definition) is 3. The molecule has 1 amide bonds. The monoisotopic (exact) mass is 367 g/mol. The summed E-state index contributed by atoms with van der Waals surface area (Å²) in [6, 6.07) is 0.405. The molecule has 2 aliphatic heterocycles. The van der Waals surface area contributed by atoms with Gasteiger partial charge in [0.05, 0.1) is 0 Å². The van der Waals surface area contributed by atoms with Crippen molar-refractivity contribution >= 4 is 30.7 Å². The fourth-order valence-electron chi connectivity index (χ4n) is 3.73. The molecule has 4 nitrogen and oxygen atoms in total. The Hall–Kier alpha value is -0.0300. The SMILES string of the molecule is CCCN1CCC(NC(=O)CC(C)C2CCCNC2)CC1.Cl.Cl. The third kappa shape index (κ3) is 8.06. The van der Waals surface area contributed by atoms with Crippen molar-refractivity contribution < 1.29 is 4.79 Å². The molecule has 0 bridgehead atoms. The first kappa shape index (κ1) is 23.0. The molecule has 2 aliphatic rings. The number of likely N-dealkylation sites (tertiary alicyclic amines) is 1. The standard InChI is InChI=1S/C17H33N3O.2ClH/c1-3-9-20-10-6-16(7-11-20)19-17(21)12-14(2)15-5-4-8-18-13-15;;/h14-16,18H,3-13H2,1-2H3,(H,19,21);2*1H. The van der Waals surface area contributed by atoms with Gasteiger partial charge in [-0.25, -0.2) is 0 Å². The molecule has 6 heteroatoms. The number of nitrogens with zero attached hydrogens (tertiary/aromatic N) is 1. The third-order valence-corrected chi connectivity index (χ3v) is 5.14. The maximum absolute atomic E-state index is 12.2. The van der Waals surface area contributed by atoms with Gasteiger partial charge in [-0.2, -0.15) is 0 Å². The van der Waals surface area contributed by atoms with Crippen molar-refractivity contribution in [3.63, 3.8) is 0 Å². The van der Waals surface area contributed by atoms with E-state index in [0.717, 1.165) is 39.0 Å². The van der Waals surface area contributed by atoms with Gasteiger partial charge in [0.1, 0.15) is 0 Å². The molecule has 0 aromatic rings.